The van der Waals surface area contributed by atoms with E-state index in [-0.39, 0.29) is 17.0 Å². The molecule has 1 heterocycles. The zero-order valence-electron chi connectivity index (χ0n) is 18.0. The Morgan fingerprint density at radius 1 is 0.935 bits per heavy atom. The lowest BCUT2D eigenvalue weighted by atomic mass is 9.91. The maximum Gasteiger partial charge on any atom is 0.323 e. The van der Waals surface area contributed by atoms with Gasteiger partial charge in [-0.25, -0.2) is 13.6 Å². The smallest absolute Gasteiger partial charge is 0.323 e. The predicted molar refractivity (Wildman–Crippen MR) is 118 cm³/mol. The Labute approximate surface area is 181 Å². The minimum Gasteiger partial charge on any atom is -0.368 e. The Morgan fingerprint density at radius 3 is 2.16 bits per heavy atom. The average Bonchev–Trinajstić information content (AvgIpc) is 2.69. The summed E-state index contributed by atoms with van der Waals surface area (Å²) >= 11 is 0. The fourth-order valence-electron chi connectivity index (χ4n) is 3.41. The number of carbonyl (C=O) groups excluding carboxylic acids is 2. The molecule has 2 aromatic rings. The van der Waals surface area contributed by atoms with Gasteiger partial charge in [-0.3, -0.25) is 4.79 Å². The second kappa shape index (κ2) is 9.32. The summed E-state index contributed by atoms with van der Waals surface area (Å²) in [5.41, 5.74) is 1.42. The molecule has 1 saturated heterocycles. The second-order valence-electron chi connectivity index (χ2n) is 8.86. The Balaban J connectivity index is 1.51. The van der Waals surface area contributed by atoms with Gasteiger partial charge in [-0.1, -0.05) is 20.8 Å². The fraction of sp³-hybridized carbons (Fsp3) is 0.391. The summed E-state index contributed by atoms with van der Waals surface area (Å²) in [6.07, 6.45) is 0.539. The van der Waals surface area contributed by atoms with Crippen molar-refractivity contribution >= 4 is 29.0 Å². The Kier molecular flexibility index (Phi) is 6.77. The van der Waals surface area contributed by atoms with Crippen LogP contribution in [0.2, 0.25) is 0 Å². The van der Waals surface area contributed by atoms with Crippen molar-refractivity contribution in [2.24, 2.45) is 5.41 Å². The molecule has 2 N–H and O–H groups in total. The topological polar surface area (TPSA) is 64.7 Å². The number of urea groups is 1. The van der Waals surface area contributed by atoms with Gasteiger partial charge >= 0.3 is 6.03 Å². The molecule has 0 radical (unpaired) electrons. The van der Waals surface area contributed by atoms with Gasteiger partial charge in [0.05, 0.1) is 5.69 Å². The van der Waals surface area contributed by atoms with Crippen LogP contribution in [0.4, 0.5) is 30.6 Å². The molecular weight excluding hydrogens is 402 g/mol. The maximum atomic E-state index is 13.7. The van der Waals surface area contributed by atoms with Gasteiger partial charge in [0.25, 0.3) is 0 Å². The molecule has 0 unspecified atom stereocenters. The highest BCUT2D eigenvalue weighted by atomic mass is 19.1. The van der Waals surface area contributed by atoms with Crippen molar-refractivity contribution in [3.8, 4) is 0 Å². The molecule has 0 saturated carbocycles. The number of piperazine rings is 1. The standard InChI is InChI=1S/C23H28F2N4O2/c1-23(2,3)15-21(30)29-12-10-28(11-13-29)18-7-5-17(6-8-18)26-22(31)27-20-9-4-16(24)14-19(20)25/h4-9,14H,10-13,15H2,1-3H3,(H2,26,27,31). The number of benzene rings is 2. The lowest BCUT2D eigenvalue weighted by Gasteiger charge is -2.37. The largest absolute Gasteiger partial charge is 0.368 e. The number of amides is 3. The fourth-order valence-corrected chi connectivity index (χ4v) is 3.41. The van der Waals surface area contributed by atoms with Crippen LogP contribution in [0.3, 0.4) is 0 Å². The van der Waals surface area contributed by atoms with Crippen LogP contribution in [0, 0.1) is 17.0 Å². The van der Waals surface area contributed by atoms with Gasteiger partial charge in [0.2, 0.25) is 5.91 Å². The molecule has 1 fully saturated rings. The molecule has 8 heteroatoms. The molecule has 6 nitrogen and oxygen atoms in total. The quantitative estimate of drug-likeness (QED) is 0.739. The SMILES string of the molecule is CC(C)(C)CC(=O)N1CCN(c2ccc(NC(=O)Nc3ccc(F)cc3F)cc2)CC1. The molecule has 0 aliphatic carbocycles. The van der Waals surface area contributed by atoms with Crippen molar-refractivity contribution in [3.63, 3.8) is 0 Å². The van der Waals surface area contributed by atoms with Crippen molar-refractivity contribution in [1.29, 1.82) is 0 Å². The first-order chi connectivity index (χ1) is 14.6. The van der Waals surface area contributed by atoms with Crippen molar-refractivity contribution in [2.45, 2.75) is 27.2 Å². The maximum absolute atomic E-state index is 13.7. The molecule has 3 amide bonds. The highest BCUT2D eigenvalue weighted by Crippen LogP contribution is 2.23. The molecule has 166 valence electrons. The third kappa shape index (κ3) is 6.41. The minimum absolute atomic E-state index is 0.0220. The number of nitrogens with zero attached hydrogens (tertiary/aromatic N) is 2. The lowest BCUT2D eigenvalue weighted by molar-refractivity contribution is -0.133. The van der Waals surface area contributed by atoms with Gasteiger partial charge in [-0.2, -0.15) is 0 Å². The summed E-state index contributed by atoms with van der Waals surface area (Å²) in [5, 5.41) is 4.98. The van der Waals surface area contributed by atoms with Crippen molar-refractivity contribution < 1.29 is 18.4 Å². The third-order valence-electron chi connectivity index (χ3n) is 4.98. The van der Waals surface area contributed by atoms with Gasteiger partial charge in [0.1, 0.15) is 11.6 Å². The monoisotopic (exact) mass is 430 g/mol. The molecular formula is C23H28F2N4O2. The van der Waals surface area contributed by atoms with Crippen molar-refractivity contribution in [2.75, 3.05) is 41.7 Å². The molecule has 2 aromatic carbocycles. The Bertz CT molecular complexity index is 934. The first-order valence-corrected chi connectivity index (χ1v) is 10.3. The van der Waals surface area contributed by atoms with Crippen LogP contribution in [-0.4, -0.2) is 43.0 Å². The van der Waals surface area contributed by atoms with E-state index >= 15 is 0 Å². The number of nitrogens with one attached hydrogen (secondary N) is 2. The van der Waals surface area contributed by atoms with Gasteiger partial charge in [0.15, 0.2) is 0 Å². The van der Waals surface area contributed by atoms with Crippen LogP contribution in [0.5, 0.6) is 0 Å². The molecule has 1 aliphatic rings. The van der Waals surface area contributed by atoms with E-state index in [0.717, 1.165) is 24.8 Å². The average molecular weight is 430 g/mol. The van der Waals surface area contributed by atoms with E-state index < -0.39 is 17.7 Å². The highest BCUT2D eigenvalue weighted by Gasteiger charge is 2.25. The van der Waals surface area contributed by atoms with Crippen LogP contribution < -0.4 is 15.5 Å². The minimum atomic E-state index is -0.842. The summed E-state index contributed by atoms with van der Waals surface area (Å²) in [5.74, 6) is -1.36. The Hall–Kier alpha value is -3.16. The van der Waals surface area contributed by atoms with Crippen LogP contribution >= 0.6 is 0 Å². The van der Waals surface area contributed by atoms with Gasteiger partial charge in [0, 0.05) is 50.0 Å². The van der Waals surface area contributed by atoms with E-state index in [1.165, 1.54) is 6.07 Å². The van der Waals surface area contributed by atoms with Crippen molar-refractivity contribution in [3.05, 3.63) is 54.1 Å². The van der Waals surface area contributed by atoms with E-state index in [1.54, 1.807) is 12.1 Å². The Morgan fingerprint density at radius 2 is 1.58 bits per heavy atom. The summed E-state index contributed by atoms with van der Waals surface area (Å²) in [6, 6.07) is 9.62. The van der Waals surface area contributed by atoms with Crippen LogP contribution in [0.1, 0.15) is 27.2 Å². The molecule has 1 aliphatic heterocycles. The van der Waals surface area contributed by atoms with Gasteiger partial charge in [-0.05, 0) is 41.8 Å². The molecule has 31 heavy (non-hydrogen) atoms. The molecule has 0 bridgehead atoms. The second-order valence-corrected chi connectivity index (χ2v) is 8.86. The van der Waals surface area contributed by atoms with E-state index in [0.29, 0.717) is 31.3 Å². The lowest BCUT2D eigenvalue weighted by Crippen LogP contribution is -2.49. The third-order valence-corrected chi connectivity index (χ3v) is 4.98. The number of hydrogen-bond acceptors (Lipinski definition) is 3. The van der Waals surface area contributed by atoms with E-state index in [1.807, 2.05) is 17.0 Å². The van der Waals surface area contributed by atoms with Crippen molar-refractivity contribution in [1.82, 2.24) is 4.90 Å². The number of hydrogen-bond donors (Lipinski definition) is 2. The normalized spacial score (nSPS) is 14.4. The van der Waals surface area contributed by atoms with Crippen LogP contribution in [0.25, 0.3) is 0 Å². The summed E-state index contributed by atoms with van der Waals surface area (Å²) in [4.78, 5) is 28.6. The van der Waals surface area contributed by atoms with Gasteiger partial charge < -0.3 is 20.4 Å². The zero-order chi connectivity index (χ0) is 22.6. The summed E-state index contributed by atoms with van der Waals surface area (Å²) in [7, 11) is 0. The predicted octanol–water partition coefficient (Wildman–Crippen LogP) is 4.69. The van der Waals surface area contributed by atoms with Crippen LogP contribution in [0.15, 0.2) is 42.5 Å². The van der Waals surface area contributed by atoms with E-state index in [9.17, 15) is 18.4 Å². The number of anilines is 3. The number of carbonyl (C=O) groups is 2. The first-order valence-electron chi connectivity index (χ1n) is 10.3. The van der Waals surface area contributed by atoms with Gasteiger partial charge in [-0.15, -0.1) is 0 Å². The highest BCUT2D eigenvalue weighted by molar-refractivity contribution is 5.99. The number of rotatable bonds is 4. The molecule has 0 spiro atoms. The molecule has 3 rings (SSSR count). The van der Waals surface area contributed by atoms with Crippen LogP contribution in [-0.2, 0) is 4.79 Å². The summed E-state index contributed by atoms with van der Waals surface area (Å²) in [6.45, 7) is 9.04. The summed E-state index contributed by atoms with van der Waals surface area (Å²) < 4.78 is 26.6. The number of halogens is 2. The first kappa shape index (κ1) is 22.5. The van der Waals surface area contributed by atoms with E-state index in [2.05, 4.69) is 36.3 Å². The molecule has 0 atom stereocenters. The molecule has 0 aromatic heterocycles. The van der Waals surface area contributed by atoms with E-state index in [4.69, 9.17) is 0 Å². The zero-order valence-corrected chi connectivity index (χ0v) is 18.0.